The molecule has 0 saturated carbocycles. The third kappa shape index (κ3) is 4.89. The minimum absolute atomic E-state index is 0.571. The number of rotatable bonds is 8. The van der Waals surface area contributed by atoms with E-state index in [0.29, 0.717) is 22.6 Å². The van der Waals surface area contributed by atoms with Gasteiger partial charge in [-0.25, -0.2) is 4.98 Å². The Hall–Kier alpha value is -2.49. The van der Waals surface area contributed by atoms with E-state index in [1.165, 1.54) is 5.56 Å². The number of fused-ring (bicyclic) bond motifs is 1. The average Bonchev–Trinajstić information content (AvgIpc) is 3.15. The van der Waals surface area contributed by atoms with Gasteiger partial charge in [0, 0.05) is 17.1 Å². The molecule has 0 radical (unpaired) electrons. The lowest BCUT2D eigenvalue weighted by Gasteiger charge is -2.13. The van der Waals surface area contributed by atoms with Gasteiger partial charge in [-0.1, -0.05) is 61.3 Å². The predicted octanol–water partition coefficient (Wildman–Crippen LogP) is 7.99. The smallest absolute Gasteiger partial charge is 0.142 e. The molecule has 0 aliphatic carbocycles. The first-order chi connectivity index (χ1) is 15.1. The van der Waals surface area contributed by atoms with Crippen LogP contribution in [0.4, 0.5) is 0 Å². The summed E-state index contributed by atoms with van der Waals surface area (Å²) in [6.45, 7) is 5.86. The number of benzene rings is 3. The standard InChI is InChI=1S/C26H26Cl2N2O/c1-3-18(2)19-9-12-21(13-10-19)31-16-6-15-30-25-8-5-4-7-24(25)29-26(30)22-14-11-20(27)17-23(22)28/h4-5,7-14,17-18H,3,6,15-16H2,1-2H3. The molecule has 1 heterocycles. The molecule has 3 aromatic carbocycles. The van der Waals surface area contributed by atoms with Gasteiger partial charge in [0.2, 0.25) is 0 Å². The van der Waals surface area contributed by atoms with E-state index in [1.807, 2.05) is 30.3 Å². The number of nitrogens with zero attached hydrogens (tertiary/aromatic N) is 2. The van der Waals surface area contributed by atoms with Crippen LogP contribution in [0.3, 0.4) is 0 Å². The van der Waals surface area contributed by atoms with Gasteiger partial charge in [-0.05, 0) is 66.8 Å². The fraction of sp³-hybridized carbons (Fsp3) is 0.269. The van der Waals surface area contributed by atoms with Crippen LogP contribution >= 0.6 is 23.2 Å². The van der Waals surface area contributed by atoms with Crippen molar-refractivity contribution in [2.45, 2.75) is 39.2 Å². The van der Waals surface area contributed by atoms with Crippen LogP contribution in [-0.4, -0.2) is 16.2 Å². The van der Waals surface area contributed by atoms with E-state index in [0.717, 1.165) is 47.6 Å². The van der Waals surface area contributed by atoms with Gasteiger partial charge in [0.1, 0.15) is 11.6 Å². The summed E-state index contributed by atoms with van der Waals surface area (Å²) in [5.41, 5.74) is 4.26. The number of imidazole rings is 1. The lowest BCUT2D eigenvalue weighted by Crippen LogP contribution is -2.06. The maximum atomic E-state index is 6.49. The molecule has 0 fully saturated rings. The molecule has 0 saturated heterocycles. The molecular formula is C26H26Cl2N2O. The number of ether oxygens (including phenoxy) is 1. The number of para-hydroxylation sites is 2. The molecule has 0 amide bonds. The molecule has 5 heteroatoms. The minimum Gasteiger partial charge on any atom is -0.494 e. The normalized spacial score (nSPS) is 12.3. The molecule has 160 valence electrons. The van der Waals surface area contributed by atoms with Gasteiger partial charge in [-0.2, -0.15) is 0 Å². The molecule has 0 bridgehead atoms. The molecule has 4 aromatic rings. The van der Waals surface area contributed by atoms with Crippen molar-refractivity contribution >= 4 is 34.2 Å². The summed E-state index contributed by atoms with van der Waals surface area (Å²) in [5.74, 6) is 2.32. The van der Waals surface area contributed by atoms with Crippen LogP contribution in [0.2, 0.25) is 10.0 Å². The fourth-order valence-electron chi connectivity index (χ4n) is 3.72. The maximum absolute atomic E-state index is 6.49. The second-order valence-corrected chi connectivity index (χ2v) is 8.62. The highest BCUT2D eigenvalue weighted by Crippen LogP contribution is 2.32. The zero-order chi connectivity index (χ0) is 21.8. The minimum atomic E-state index is 0.571. The average molecular weight is 453 g/mol. The number of halogens is 2. The topological polar surface area (TPSA) is 27.1 Å². The molecule has 31 heavy (non-hydrogen) atoms. The number of aryl methyl sites for hydroxylation is 1. The van der Waals surface area contributed by atoms with Crippen molar-refractivity contribution < 1.29 is 4.74 Å². The Morgan fingerprint density at radius 3 is 2.52 bits per heavy atom. The Morgan fingerprint density at radius 1 is 1.00 bits per heavy atom. The second kappa shape index (κ2) is 9.76. The third-order valence-corrected chi connectivity index (χ3v) is 6.23. The van der Waals surface area contributed by atoms with Gasteiger partial charge < -0.3 is 9.30 Å². The van der Waals surface area contributed by atoms with E-state index in [2.05, 4.69) is 48.7 Å². The van der Waals surface area contributed by atoms with Crippen LogP contribution in [0.5, 0.6) is 5.75 Å². The lowest BCUT2D eigenvalue weighted by molar-refractivity contribution is 0.302. The van der Waals surface area contributed by atoms with Crippen molar-refractivity contribution in [2.75, 3.05) is 6.61 Å². The molecule has 0 aliphatic heterocycles. The van der Waals surface area contributed by atoms with Gasteiger partial charge >= 0.3 is 0 Å². The van der Waals surface area contributed by atoms with Gasteiger partial charge in [0.25, 0.3) is 0 Å². The van der Waals surface area contributed by atoms with Gasteiger partial charge in [-0.3, -0.25) is 0 Å². The number of hydrogen-bond acceptors (Lipinski definition) is 2. The van der Waals surface area contributed by atoms with Crippen molar-refractivity contribution in [3.05, 3.63) is 82.3 Å². The molecule has 3 nitrogen and oxygen atoms in total. The monoisotopic (exact) mass is 452 g/mol. The van der Waals surface area contributed by atoms with Crippen molar-refractivity contribution in [3.8, 4) is 17.1 Å². The summed E-state index contributed by atoms with van der Waals surface area (Å²) < 4.78 is 8.20. The molecule has 0 spiro atoms. The van der Waals surface area contributed by atoms with E-state index in [-0.39, 0.29) is 0 Å². The van der Waals surface area contributed by atoms with Gasteiger partial charge in [0.15, 0.2) is 0 Å². The summed E-state index contributed by atoms with van der Waals surface area (Å²) in [7, 11) is 0. The van der Waals surface area contributed by atoms with E-state index in [4.69, 9.17) is 32.9 Å². The molecule has 1 atom stereocenters. The molecule has 0 aliphatic rings. The number of hydrogen-bond donors (Lipinski definition) is 0. The van der Waals surface area contributed by atoms with Crippen LogP contribution in [0, 0.1) is 0 Å². The first kappa shape index (κ1) is 21.7. The van der Waals surface area contributed by atoms with Crippen molar-refractivity contribution in [3.63, 3.8) is 0 Å². The van der Waals surface area contributed by atoms with Crippen molar-refractivity contribution in [2.24, 2.45) is 0 Å². The Morgan fingerprint density at radius 2 is 1.77 bits per heavy atom. The Labute approximate surface area is 193 Å². The van der Waals surface area contributed by atoms with Crippen LogP contribution in [0.15, 0.2) is 66.7 Å². The first-order valence-electron chi connectivity index (χ1n) is 10.7. The lowest BCUT2D eigenvalue weighted by atomic mass is 9.99. The largest absolute Gasteiger partial charge is 0.494 e. The summed E-state index contributed by atoms with van der Waals surface area (Å²) in [6.07, 6.45) is 1.99. The van der Waals surface area contributed by atoms with E-state index < -0.39 is 0 Å². The molecule has 1 aromatic heterocycles. The van der Waals surface area contributed by atoms with Crippen molar-refractivity contribution in [1.29, 1.82) is 0 Å². The van der Waals surface area contributed by atoms with Gasteiger partial charge in [-0.15, -0.1) is 0 Å². The van der Waals surface area contributed by atoms with E-state index in [9.17, 15) is 0 Å². The summed E-state index contributed by atoms with van der Waals surface area (Å²) >= 11 is 12.6. The van der Waals surface area contributed by atoms with Crippen LogP contribution in [-0.2, 0) is 6.54 Å². The van der Waals surface area contributed by atoms with E-state index in [1.54, 1.807) is 6.07 Å². The highest BCUT2D eigenvalue weighted by Gasteiger charge is 2.15. The zero-order valence-electron chi connectivity index (χ0n) is 17.8. The quantitative estimate of drug-likeness (QED) is 0.253. The Bertz CT molecular complexity index is 1170. The van der Waals surface area contributed by atoms with Gasteiger partial charge in [0.05, 0.1) is 22.7 Å². The predicted molar refractivity (Wildman–Crippen MR) is 130 cm³/mol. The highest BCUT2D eigenvalue weighted by atomic mass is 35.5. The summed E-state index contributed by atoms with van der Waals surface area (Å²) in [4.78, 5) is 4.84. The summed E-state index contributed by atoms with van der Waals surface area (Å²) in [6, 6.07) is 22.1. The van der Waals surface area contributed by atoms with Crippen LogP contribution in [0.1, 0.15) is 38.2 Å². The van der Waals surface area contributed by atoms with Crippen LogP contribution < -0.4 is 4.74 Å². The zero-order valence-corrected chi connectivity index (χ0v) is 19.3. The molecule has 1 unspecified atom stereocenters. The summed E-state index contributed by atoms with van der Waals surface area (Å²) in [5, 5.41) is 1.21. The highest BCUT2D eigenvalue weighted by molar-refractivity contribution is 6.36. The molecule has 4 rings (SSSR count). The van der Waals surface area contributed by atoms with Crippen molar-refractivity contribution in [1.82, 2.24) is 9.55 Å². The Kier molecular flexibility index (Phi) is 6.84. The SMILES string of the molecule is CCC(C)c1ccc(OCCCn2c(-c3ccc(Cl)cc3Cl)nc3ccccc32)cc1. The first-order valence-corrected chi connectivity index (χ1v) is 11.5. The fourth-order valence-corrected chi connectivity index (χ4v) is 4.21. The second-order valence-electron chi connectivity index (χ2n) is 7.78. The maximum Gasteiger partial charge on any atom is 0.142 e. The molecule has 0 N–H and O–H groups in total. The van der Waals surface area contributed by atoms with Crippen LogP contribution in [0.25, 0.3) is 22.4 Å². The third-order valence-electron chi connectivity index (χ3n) is 5.68. The Balaban J connectivity index is 1.49. The number of aromatic nitrogens is 2. The molecular weight excluding hydrogens is 427 g/mol. The van der Waals surface area contributed by atoms with E-state index >= 15 is 0 Å².